The van der Waals surface area contributed by atoms with Crippen molar-refractivity contribution < 1.29 is 29.6 Å². The van der Waals surface area contributed by atoms with Gasteiger partial charge in [0.15, 0.2) is 6.23 Å². The second-order valence-electron chi connectivity index (χ2n) is 4.03. The van der Waals surface area contributed by atoms with E-state index in [2.05, 4.69) is 5.32 Å². The number of piperazine rings is 1. The van der Waals surface area contributed by atoms with Crippen LogP contribution >= 0.6 is 0 Å². The summed E-state index contributed by atoms with van der Waals surface area (Å²) in [7, 11) is 0. The summed E-state index contributed by atoms with van der Waals surface area (Å²) in [5.41, 5.74) is 0. The van der Waals surface area contributed by atoms with Gasteiger partial charge in [-0.1, -0.05) is 0 Å². The lowest BCUT2D eigenvalue weighted by atomic mass is 10.1. The molecule has 2 aliphatic heterocycles. The Labute approximate surface area is 96.8 Å². The van der Waals surface area contributed by atoms with E-state index in [0.717, 1.165) is 4.90 Å². The number of ether oxygens (including phenoxy) is 1. The molecule has 0 spiro atoms. The molecule has 0 bridgehead atoms. The Hall–Kier alpha value is -1.22. The van der Waals surface area contributed by atoms with Crippen LogP contribution in [0.2, 0.25) is 0 Å². The maximum absolute atomic E-state index is 11.6. The first-order valence-electron chi connectivity index (χ1n) is 5.23. The number of nitrogens with one attached hydrogen (secondary N) is 1. The summed E-state index contributed by atoms with van der Waals surface area (Å²) in [6.45, 7) is -0.861. The van der Waals surface area contributed by atoms with E-state index < -0.39 is 37.1 Å². The number of hydrogen-bond donors (Lipinski definition) is 4. The number of aliphatic hydroxyl groups excluding tert-OH is 3. The minimum absolute atomic E-state index is 0.161. The van der Waals surface area contributed by atoms with Gasteiger partial charge in [0.2, 0.25) is 11.8 Å². The highest BCUT2D eigenvalue weighted by atomic mass is 16.6. The zero-order valence-corrected chi connectivity index (χ0v) is 8.94. The van der Waals surface area contributed by atoms with E-state index in [1.54, 1.807) is 0 Å². The molecule has 2 aliphatic rings. The van der Waals surface area contributed by atoms with Crippen LogP contribution in [0.25, 0.3) is 0 Å². The smallest absolute Gasteiger partial charge is 0.244 e. The van der Waals surface area contributed by atoms with Gasteiger partial charge in [-0.25, -0.2) is 0 Å². The average molecular weight is 246 g/mol. The minimum Gasteiger partial charge on any atom is -0.394 e. The van der Waals surface area contributed by atoms with E-state index in [1.165, 1.54) is 0 Å². The normalized spacial score (nSPS) is 38.4. The molecule has 0 aromatic heterocycles. The van der Waals surface area contributed by atoms with Crippen LogP contribution in [-0.4, -0.2) is 76.3 Å². The van der Waals surface area contributed by atoms with Crippen molar-refractivity contribution in [1.29, 1.82) is 0 Å². The van der Waals surface area contributed by atoms with Crippen molar-refractivity contribution in [2.75, 3.05) is 19.7 Å². The van der Waals surface area contributed by atoms with Gasteiger partial charge in [0.1, 0.15) is 24.9 Å². The minimum atomic E-state index is -1.33. The van der Waals surface area contributed by atoms with E-state index in [-0.39, 0.29) is 19.0 Å². The SMILES string of the molecule is O=C1CN([C@@H]2O[C@H](CO)[C@@H](O)[C@@H]2O)C(=O)CN1. The summed E-state index contributed by atoms with van der Waals surface area (Å²) in [5.74, 6) is -0.762. The largest absolute Gasteiger partial charge is 0.394 e. The van der Waals surface area contributed by atoms with Crippen molar-refractivity contribution >= 4 is 11.8 Å². The topological polar surface area (TPSA) is 119 Å². The van der Waals surface area contributed by atoms with E-state index in [1.807, 2.05) is 0 Å². The van der Waals surface area contributed by atoms with Crippen LogP contribution in [-0.2, 0) is 14.3 Å². The van der Waals surface area contributed by atoms with Gasteiger partial charge in [0.25, 0.3) is 0 Å². The molecule has 0 radical (unpaired) electrons. The number of hydrogen-bond acceptors (Lipinski definition) is 6. The van der Waals surface area contributed by atoms with E-state index >= 15 is 0 Å². The Bertz CT molecular complexity index is 335. The summed E-state index contributed by atoms with van der Waals surface area (Å²) < 4.78 is 5.17. The van der Waals surface area contributed by atoms with E-state index in [9.17, 15) is 19.8 Å². The lowest BCUT2D eigenvalue weighted by Crippen LogP contribution is -2.58. The predicted molar refractivity (Wildman–Crippen MR) is 52.5 cm³/mol. The third-order valence-corrected chi connectivity index (χ3v) is 2.90. The van der Waals surface area contributed by atoms with Crippen molar-refractivity contribution in [3.05, 3.63) is 0 Å². The van der Waals surface area contributed by atoms with Gasteiger partial charge >= 0.3 is 0 Å². The average Bonchev–Trinajstić information content (AvgIpc) is 2.59. The molecule has 2 saturated heterocycles. The summed E-state index contributed by atoms with van der Waals surface area (Å²) in [4.78, 5) is 23.8. The highest BCUT2D eigenvalue weighted by Gasteiger charge is 2.47. The molecule has 4 atom stereocenters. The predicted octanol–water partition coefficient (Wildman–Crippen LogP) is -3.62. The first kappa shape index (κ1) is 12.2. The van der Waals surface area contributed by atoms with Crippen molar-refractivity contribution in [1.82, 2.24) is 10.2 Å². The summed E-state index contributed by atoms with van der Waals surface area (Å²) in [6, 6.07) is 0. The van der Waals surface area contributed by atoms with Crippen LogP contribution in [0.15, 0.2) is 0 Å². The van der Waals surface area contributed by atoms with Crippen molar-refractivity contribution in [3.63, 3.8) is 0 Å². The molecule has 0 unspecified atom stereocenters. The zero-order chi connectivity index (χ0) is 12.6. The van der Waals surface area contributed by atoms with Gasteiger partial charge in [-0.15, -0.1) is 0 Å². The Kier molecular flexibility index (Phi) is 3.29. The maximum Gasteiger partial charge on any atom is 0.244 e. The maximum atomic E-state index is 11.6. The Morgan fingerprint density at radius 3 is 2.65 bits per heavy atom. The molecule has 8 nitrogen and oxygen atoms in total. The first-order chi connectivity index (χ1) is 8.04. The van der Waals surface area contributed by atoms with Gasteiger partial charge < -0.3 is 30.3 Å². The van der Waals surface area contributed by atoms with Gasteiger partial charge in [-0.3, -0.25) is 9.59 Å². The second-order valence-corrected chi connectivity index (χ2v) is 4.03. The number of rotatable bonds is 2. The van der Waals surface area contributed by atoms with Crippen LogP contribution in [0.1, 0.15) is 0 Å². The molecule has 8 heteroatoms. The Morgan fingerprint density at radius 1 is 1.35 bits per heavy atom. The lowest BCUT2D eigenvalue weighted by Gasteiger charge is -2.32. The second kappa shape index (κ2) is 4.57. The van der Waals surface area contributed by atoms with Crippen LogP contribution < -0.4 is 5.32 Å². The van der Waals surface area contributed by atoms with Crippen molar-refractivity contribution in [2.24, 2.45) is 0 Å². The van der Waals surface area contributed by atoms with Crippen molar-refractivity contribution in [2.45, 2.75) is 24.5 Å². The number of amides is 2. The van der Waals surface area contributed by atoms with Gasteiger partial charge in [0, 0.05) is 0 Å². The van der Waals surface area contributed by atoms with Gasteiger partial charge in [-0.2, -0.15) is 0 Å². The van der Waals surface area contributed by atoms with Crippen LogP contribution in [0.5, 0.6) is 0 Å². The summed E-state index contributed by atoms with van der Waals surface area (Å²) >= 11 is 0. The fourth-order valence-electron chi connectivity index (χ4n) is 1.94. The molecule has 2 fully saturated rings. The fourth-order valence-corrected chi connectivity index (χ4v) is 1.94. The quantitative estimate of drug-likeness (QED) is 0.399. The van der Waals surface area contributed by atoms with Crippen LogP contribution in [0.3, 0.4) is 0 Å². The molecule has 0 aliphatic carbocycles. The Balaban J connectivity index is 2.11. The molecular formula is C9H14N2O6. The number of carbonyl (C=O) groups excluding carboxylic acids is 2. The molecule has 0 aromatic rings. The highest BCUT2D eigenvalue weighted by molar-refractivity contribution is 5.92. The van der Waals surface area contributed by atoms with Crippen molar-refractivity contribution in [3.8, 4) is 0 Å². The third kappa shape index (κ3) is 2.12. The monoisotopic (exact) mass is 246 g/mol. The highest BCUT2D eigenvalue weighted by Crippen LogP contribution is 2.24. The van der Waals surface area contributed by atoms with Crippen LogP contribution in [0.4, 0.5) is 0 Å². The number of nitrogens with zero attached hydrogens (tertiary/aromatic N) is 1. The summed E-state index contributed by atoms with van der Waals surface area (Å²) in [6.07, 6.45) is -4.65. The van der Waals surface area contributed by atoms with Gasteiger partial charge in [-0.05, 0) is 0 Å². The molecule has 0 saturated carbocycles. The van der Waals surface area contributed by atoms with Gasteiger partial charge in [0.05, 0.1) is 13.2 Å². The molecule has 96 valence electrons. The van der Waals surface area contributed by atoms with E-state index in [0.29, 0.717) is 0 Å². The molecule has 0 aromatic carbocycles. The standard InChI is InChI=1S/C9H14N2O6/c12-3-4-7(15)8(16)9(17-4)11-2-5(13)10-1-6(11)14/h4,7-9,12,15-16H,1-3H2,(H,10,13)/t4-,7-,8+,9-/m1/s1. The third-order valence-electron chi connectivity index (χ3n) is 2.90. The molecule has 4 N–H and O–H groups in total. The number of carbonyl (C=O) groups is 2. The molecule has 2 amide bonds. The molecular weight excluding hydrogens is 232 g/mol. The van der Waals surface area contributed by atoms with E-state index in [4.69, 9.17) is 9.84 Å². The molecule has 2 heterocycles. The van der Waals surface area contributed by atoms with Crippen LogP contribution in [0, 0.1) is 0 Å². The molecule has 2 rings (SSSR count). The molecule has 17 heavy (non-hydrogen) atoms. The first-order valence-corrected chi connectivity index (χ1v) is 5.23. The lowest BCUT2D eigenvalue weighted by molar-refractivity contribution is -0.160. The number of aliphatic hydroxyl groups is 3. The summed E-state index contributed by atoms with van der Waals surface area (Å²) in [5, 5.41) is 30.5. The zero-order valence-electron chi connectivity index (χ0n) is 8.94. The Morgan fingerprint density at radius 2 is 2.06 bits per heavy atom. The fraction of sp³-hybridized carbons (Fsp3) is 0.778.